The number of hydrogen-bond donors (Lipinski definition) is 4. The minimum absolute atomic E-state index is 0.0564. The molecule has 212 valence electrons. The van der Waals surface area contributed by atoms with E-state index in [1.165, 1.54) is 11.8 Å². The summed E-state index contributed by atoms with van der Waals surface area (Å²) in [5.41, 5.74) is 7.63. The van der Waals surface area contributed by atoms with Crippen molar-refractivity contribution in [2.75, 3.05) is 10.6 Å². The Balaban J connectivity index is 1.48. The fraction of sp³-hybridized carbons (Fsp3) is 0.0625. The fourth-order valence-corrected chi connectivity index (χ4v) is 5.19. The Morgan fingerprint density at radius 3 is 2.29 bits per heavy atom. The van der Waals surface area contributed by atoms with Gasteiger partial charge in [0.05, 0.1) is 16.5 Å². The number of carbonyl (C=O) groups is 4. The summed E-state index contributed by atoms with van der Waals surface area (Å²) in [5, 5.41) is 7.78. The lowest BCUT2D eigenvalue weighted by molar-refractivity contribution is -0.115. The van der Waals surface area contributed by atoms with Crippen molar-refractivity contribution in [2.24, 2.45) is 5.73 Å². The van der Waals surface area contributed by atoms with Gasteiger partial charge in [0.15, 0.2) is 0 Å². The van der Waals surface area contributed by atoms with Gasteiger partial charge in [-0.2, -0.15) is 0 Å². The van der Waals surface area contributed by atoms with Crippen LogP contribution < -0.4 is 21.7 Å². The summed E-state index contributed by atoms with van der Waals surface area (Å²) in [5.74, 6) is -1.89. The maximum absolute atomic E-state index is 13.4. The molecule has 0 radical (unpaired) electrons. The third-order valence-electron chi connectivity index (χ3n) is 5.91. The third-order valence-corrected chi connectivity index (χ3v) is 7.50. The van der Waals surface area contributed by atoms with Crippen LogP contribution in [-0.2, 0) is 9.59 Å². The van der Waals surface area contributed by atoms with Gasteiger partial charge in [-0.25, -0.2) is 0 Å². The number of hydrogen-bond acceptors (Lipinski definition) is 5. The fourth-order valence-electron chi connectivity index (χ4n) is 3.85. The molecule has 5 N–H and O–H groups in total. The molecule has 0 spiro atoms. The first kappa shape index (κ1) is 30.3. The van der Waals surface area contributed by atoms with Crippen LogP contribution in [0.25, 0.3) is 6.08 Å². The molecule has 4 aromatic carbocycles. The number of primary amides is 1. The molecule has 4 amide bonds. The van der Waals surface area contributed by atoms with Crippen molar-refractivity contribution in [3.63, 3.8) is 0 Å². The molecule has 0 aliphatic rings. The molecule has 0 aliphatic carbocycles. The maximum atomic E-state index is 13.4. The Hall–Kier alpha value is -4.67. The standard InChI is InChI=1S/C32H27BrN4O4S/c1-20(30(39)36-27-16-6-5-15-26(27)29(34)38)42-25-14-8-13-24(19-25)35-32(41)28(18-21-9-7-12-23(33)17-21)37-31(40)22-10-3-2-4-11-22/h2-20H,1H3,(H2,34,38)(H,35,41)(H,36,39)(H,37,40)/b28-18+. The molecule has 0 bridgehead atoms. The van der Waals surface area contributed by atoms with Crippen molar-refractivity contribution in [1.29, 1.82) is 0 Å². The topological polar surface area (TPSA) is 130 Å². The van der Waals surface area contributed by atoms with Crippen molar-refractivity contribution in [1.82, 2.24) is 5.32 Å². The van der Waals surface area contributed by atoms with Gasteiger partial charge >= 0.3 is 0 Å². The van der Waals surface area contributed by atoms with Crippen molar-refractivity contribution < 1.29 is 19.2 Å². The molecule has 10 heteroatoms. The van der Waals surface area contributed by atoms with E-state index < -0.39 is 23.0 Å². The predicted molar refractivity (Wildman–Crippen MR) is 170 cm³/mol. The summed E-state index contributed by atoms with van der Waals surface area (Å²) in [4.78, 5) is 51.5. The monoisotopic (exact) mass is 642 g/mol. The van der Waals surface area contributed by atoms with Gasteiger partial charge in [-0.3, -0.25) is 19.2 Å². The summed E-state index contributed by atoms with van der Waals surface area (Å²) in [6.45, 7) is 1.73. The number of para-hydroxylation sites is 1. The third kappa shape index (κ3) is 8.42. The van der Waals surface area contributed by atoms with Crippen LogP contribution in [0.15, 0.2) is 118 Å². The minimum atomic E-state index is -0.636. The van der Waals surface area contributed by atoms with Crippen molar-refractivity contribution >= 4 is 68.8 Å². The van der Waals surface area contributed by atoms with Crippen molar-refractivity contribution in [2.45, 2.75) is 17.1 Å². The van der Waals surface area contributed by atoms with Crippen molar-refractivity contribution in [3.05, 3.63) is 130 Å². The molecule has 0 saturated heterocycles. The van der Waals surface area contributed by atoms with Crippen LogP contribution in [0.5, 0.6) is 0 Å². The first-order chi connectivity index (χ1) is 20.2. The second kappa shape index (κ2) is 14.3. The van der Waals surface area contributed by atoms with Gasteiger partial charge in [0, 0.05) is 20.6 Å². The average Bonchev–Trinajstić information content (AvgIpc) is 2.97. The Morgan fingerprint density at radius 2 is 1.55 bits per heavy atom. The highest BCUT2D eigenvalue weighted by molar-refractivity contribution is 9.10. The zero-order valence-electron chi connectivity index (χ0n) is 22.5. The van der Waals surface area contributed by atoms with Crippen molar-refractivity contribution in [3.8, 4) is 0 Å². The highest BCUT2D eigenvalue weighted by atomic mass is 79.9. The number of halogens is 1. The number of amides is 4. The quantitative estimate of drug-likeness (QED) is 0.123. The van der Waals surface area contributed by atoms with E-state index >= 15 is 0 Å². The zero-order chi connectivity index (χ0) is 30.1. The number of carbonyl (C=O) groups excluding carboxylic acids is 4. The van der Waals surface area contributed by atoms with Gasteiger partial charge in [-0.1, -0.05) is 64.5 Å². The summed E-state index contributed by atoms with van der Waals surface area (Å²) in [7, 11) is 0. The lowest BCUT2D eigenvalue weighted by Gasteiger charge is -2.15. The molecule has 0 fully saturated rings. The second-order valence-corrected chi connectivity index (χ2v) is 11.4. The second-order valence-electron chi connectivity index (χ2n) is 9.07. The molecule has 4 aromatic rings. The number of benzene rings is 4. The lowest BCUT2D eigenvalue weighted by atomic mass is 10.1. The Labute approximate surface area is 255 Å². The van der Waals surface area contributed by atoms with Gasteiger partial charge in [0.1, 0.15) is 5.70 Å². The van der Waals surface area contributed by atoms with Crippen LogP contribution in [-0.4, -0.2) is 28.9 Å². The predicted octanol–water partition coefficient (Wildman–Crippen LogP) is 6.08. The van der Waals surface area contributed by atoms with E-state index in [-0.39, 0.29) is 17.2 Å². The normalized spacial score (nSPS) is 11.7. The molecule has 1 atom stereocenters. The lowest BCUT2D eigenvalue weighted by Crippen LogP contribution is -2.30. The summed E-state index contributed by atoms with van der Waals surface area (Å²) in [6.07, 6.45) is 1.59. The molecule has 0 aromatic heterocycles. The van der Waals surface area contributed by atoms with E-state index in [2.05, 4.69) is 31.9 Å². The van der Waals surface area contributed by atoms with E-state index in [0.717, 1.165) is 9.37 Å². The van der Waals surface area contributed by atoms with Crippen LogP contribution in [0.4, 0.5) is 11.4 Å². The van der Waals surface area contributed by atoms with Gasteiger partial charge in [-0.05, 0) is 73.2 Å². The number of thioether (sulfide) groups is 1. The molecular formula is C32H27BrN4O4S. The molecule has 1 unspecified atom stereocenters. The Morgan fingerprint density at radius 1 is 0.833 bits per heavy atom. The van der Waals surface area contributed by atoms with Gasteiger partial charge in [-0.15, -0.1) is 11.8 Å². The average molecular weight is 644 g/mol. The first-order valence-corrected chi connectivity index (χ1v) is 14.5. The smallest absolute Gasteiger partial charge is 0.272 e. The van der Waals surface area contributed by atoms with Gasteiger partial charge in [0.2, 0.25) is 5.91 Å². The van der Waals surface area contributed by atoms with Gasteiger partial charge < -0.3 is 21.7 Å². The van der Waals surface area contributed by atoms with Crippen LogP contribution in [0, 0.1) is 0 Å². The highest BCUT2D eigenvalue weighted by Gasteiger charge is 2.19. The summed E-state index contributed by atoms with van der Waals surface area (Å²) < 4.78 is 0.825. The molecule has 4 rings (SSSR count). The Kier molecular flexibility index (Phi) is 10.3. The minimum Gasteiger partial charge on any atom is -0.366 e. The number of rotatable bonds is 10. The largest absolute Gasteiger partial charge is 0.366 e. The highest BCUT2D eigenvalue weighted by Crippen LogP contribution is 2.27. The van der Waals surface area contributed by atoms with Crippen LogP contribution in [0.2, 0.25) is 0 Å². The van der Waals surface area contributed by atoms with Crippen LogP contribution >= 0.6 is 27.7 Å². The molecule has 42 heavy (non-hydrogen) atoms. The van der Waals surface area contributed by atoms with Gasteiger partial charge in [0.25, 0.3) is 17.7 Å². The number of nitrogens with two attached hydrogens (primary N) is 1. The van der Waals surface area contributed by atoms with Crippen LogP contribution in [0.3, 0.4) is 0 Å². The van der Waals surface area contributed by atoms with E-state index in [1.807, 2.05) is 30.3 Å². The van der Waals surface area contributed by atoms with E-state index in [0.29, 0.717) is 22.5 Å². The summed E-state index contributed by atoms with van der Waals surface area (Å²) in [6, 6.07) is 29.5. The molecule has 0 heterocycles. The van der Waals surface area contributed by atoms with E-state index in [1.54, 1.807) is 85.8 Å². The zero-order valence-corrected chi connectivity index (χ0v) is 24.9. The number of nitrogens with one attached hydrogen (secondary N) is 3. The van der Waals surface area contributed by atoms with Crippen LogP contribution in [0.1, 0.15) is 33.2 Å². The molecule has 0 saturated carbocycles. The van der Waals surface area contributed by atoms with E-state index in [4.69, 9.17) is 5.73 Å². The molecular weight excluding hydrogens is 616 g/mol. The molecule has 8 nitrogen and oxygen atoms in total. The summed E-state index contributed by atoms with van der Waals surface area (Å²) >= 11 is 4.71. The maximum Gasteiger partial charge on any atom is 0.272 e. The SMILES string of the molecule is CC(Sc1cccc(NC(=O)/C(=C\c2cccc(Br)c2)NC(=O)c2ccccc2)c1)C(=O)Nc1ccccc1C(N)=O. The van der Waals surface area contributed by atoms with E-state index in [9.17, 15) is 19.2 Å². The number of anilines is 2. The first-order valence-electron chi connectivity index (χ1n) is 12.8. The molecule has 0 aliphatic heterocycles. The Bertz CT molecular complexity index is 1660.